The van der Waals surface area contributed by atoms with Crippen molar-refractivity contribution in [1.82, 2.24) is 4.98 Å². The first-order chi connectivity index (χ1) is 10.6. The molecule has 0 radical (unpaired) electrons. The molecule has 1 aromatic heterocycles. The third-order valence-electron chi connectivity index (χ3n) is 3.46. The molecule has 0 saturated heterocycles. The molecule has 22 heavy (non-hydrogen) atoms. The van der Waals surface area contributed by atoms with E-state index in [9.17, 15) is 4.79 Å². The number of benzene rings is 1. The first-order valence-corrected chi connectivity index (χ1v) is 7.47. The van der Waals surface area contributed by atoms with Crippen LogP contribution in [0.2, 0.25) is 0 Å². The first kappa shape index (κ1) is 15.8. The van der Waals surface area contributed by atoms with Crippen LogP contribution in [-0.2, 0) is 11.2 Å². The Morgan fingerprint density at radius 2 is 1.82 bits per heavy atom. The molecule has 0 bridgehead atoms. The number of nitrogens with one attached hydrogen (secondary N) is 1. The average Bonchev–Trinajstić information content (AvgIpc) is 2.52. The lowest BCUT2D eigenvalue weighted by molar-refractivity contribution is -0.115. The molecule has 0 aliphatic heterocycles. The maximum atomic E-state index is 12.0. The number of aromatic nitrogens is 1. The van der Waals surface area contributed by atoms with Gasteiger partial charge in [-0.3, -0.25) is 4.79 Å². The molecule has 0 saturated carbocycles. The third kappa shape index (κ3) is 4.22. The van der Waals surface area contributed by atoms with Crippen molar-refractivity contribution >= 4 is 23.1 Å². The highest BCUT2D eigenvalue weighted by Gasteiger charge is 2.06. The minimum Gasteiger partial charge on any atom is -0.399 e. The number of nitrogens with zero attached hydrogens (tertiary/aromatic N) is 2. The molecule has 1 heterocycles. The van der Waals surface area contributed by atoms with Gasteiger partial charge >= 0.3 is 0 Å². The number of carbonyl (C=O) groups excluding carboxylic acids is 1. The van der Waals surface area contributed by atoms with Gasteiger partial charge in [0.15, 0.2) is 0 Å². The Bertz CT molecular complexity index is 604. The predicted molar refractivity (Wildman–Crippen MR) is 91.0 cm³/mol. The Morgan fingerprint density at radius 3 is 2.36 bits per heavy atom. The lowest BCUT2D eigenvalue weighted by Crippen LogP contribution is -2.23. The lowest BCUT2D eigenvalue weighted by Gasteiger charge is -2.19. The van der Waals surface area contributed by atoms with Crippen LogP contribution in [0, 0.1) is 0 Å². The Balaban J connectivity index is 1.95. The summed E-state index contributed by atoms with van der Waals surface area (Å²) in [5, 5.41) is 2.86. The molecule has 0 fully saturated rings. The van der Waals surface area contributed by atoms with E-state index in [1.807, 2.05) is 24.3 Å². The second kappa shape index (κ2) is 7.45. The van der Waals surface area contributed by atoms with E-state index in [0.717, 1.165) is 24.5 Å². The van der Waals surface area contributed by atoms with Crippen molar-refractivity contribution in [2.45, 2.75) is 20.3 Å². The van der Waals surface area contributed by atoms with E-state index in [2.05, 4.69) is 29.0 Å². The fourth-order valence-corrected chi connectivity index (χ4v) is 2.22. The van der Waals surface area contributed by atoms with Crippen molar-refractivity contribution in [2.75, 3.05) is 29.0 Å². The highest BCUT2D eigenvalue weighted by Crippen LogP contribution is 2.14. The zero-order chi connectivity index (χ0) is 15.9. The zero-order valence-electron chi connectivity index (χ0n) is 13.0. The molecule has 2 aromatic rings. The number of rotatable bonds is 6. The van der Waals surface area contributed by atoms with Crippen LogP contribution in [-0.4, -0.2) is 24.0 Å². The molecule has 0 aliphatic carbocycles. The predicted octanol–water partition coefficient (Wildman–Crippen LogP) is 2.69. The number of carbonyl (C=O) groups is 1. The summed E-state index contributed by atoms with van der Waals surface area (Å²) < 4.78 is 0. The van der Waals surface area contributed by atoms with Gasteiger partial charge in [-0.15, -0.1) is 0 Å². The summed E-state index contributed by atoms with van der Waals surface area (Å²) in [6.07, 6.45) is 2.01. The molecular weight excluding hydrogens is 276 g/mol. The fraction of sp³-hybridized carbons (Fsp3) is 0.294. The van der Waals surface area contributed by atoms with Gasteiger partial charge in [0, 0.05) is 18.8 Å². The molecule has 2 rings (SSSR count). The summed E-state index contributed by atoms with van der Waals surface area (Å²) in [5.74, 6) is 0.851. The molecule has 0 aliphatic rings. The largest absolute Gasteiger partial charge is 0.399 e. The molecule has 1 amide bonds. The van der Waals surface area contributed by atoms with E-state index in [1.54, 1.807) is 18.3 Å². The average molecular weight is 298 g/mol. The van der Waals surface area contributed by atoms with Gasteiger partial charge in [0.2, 0.25) is 5.91 Å². The standard InChI is InChI=1S/C17H22N4O/c1-3-21(4-2)16-10-9-15(12-19-16)20-17(22)11-13-5-7-14(18)8-6-13/h5-10,12H,3-4,11,18H2,1-2H3,(H,20,22). The van der Waals surface area contributed by atoms with Crippen LogP contribution in [0.4, 0.5) is 17.2 Å². The molecule has 1 aromatic carbocycles. The van der Waals surface area contributed by atoms with Gasteiger partial charge in [-0.1, -0.05) is 12.1 Å². The highest BCUT2D eigenvalue weighted by atomic mass is 16.1. The summed E-state index contributed by atoms with van der Waals surface area (Å²) in [7, 11) is 0. The van der Waals surface area contributed by atoms with Crippen molar-refractivity contribution in [2.24, 2.45) is 0 Å². The lowest BCUT2D eigenvalue weighted by atomic mass is 10.1. The molecule has 3 N–H and O–H groups in total. The molecule has 5 heteroatoms. The smallest absolute Gasteiger partial charge is 0.228 e. The van der Waals surface area contributed by atoms with Gasteiger partial charge in [-0.25, -0.2) is 4.98 Å². The van der Waals surface area contributed by atoms with Crippen LogP contribution in [0.1, 0.15) is 19.4 Å². The van der Waals surface area contributed by atoms with E-state index >= 15 is 0 Å². The third-order valence-corrected chi connectivity index (χ3v) is 3.46. The van der Waals surface area contributed by atoms with E-state index in [1.165, 1.54) is 0 Å². The number of nitrogen functional groups attached to an aromatic ring is 1. The summed E-state index contributed by atoms with van der Waals surface area (Å²) in [6.45, 7) is 6.00. The summed E-state index contributed by atoms with van der Waals surface area (Å²) >= 11 is 0. The van der Waals surface area contributed by atoms with Crippen LogP contribution in [0.25, 0.3) is 0 Å². The van der Waals surface area contributed by atoms with Crippen LogP contribution < -0.4 is 16.0 Å². The van der Waals surface area contributed by atoms with Gasteiger partial charge in [-0.05, 0) is 43.7 Å². The van der Waals surface area contributed by atoms with Crippen molar-refractivity contribution in [3.05, 3.63) is 48.2 Å². The summed E-state index contributed by atoms with van der Waals surface area (Å²) in [5.41, 5.74) is 7.96. The molecule has 5 nitrogen and oxygen atoms in total. The Kier molecular flexibility index (Phi) is 5.36. The van der Waals surface area contributed by atoms with Crippen molar-refractivity contribution in [3.63, 3.8) is 0 Å². The first-order valence-electron chi connectivity index (χ1n) is 7.47. The SMILES string of the molecule is CCN(CC)c1ccc(NC(=O)Cc2ccc(N)cc2)cn1. The normalized spacial score (nSPS) is 10.3. The molecule has 0 atom stereocenters. The van der Waals surface area contributed by atoms with Gasteiger partial charge in [0.05, 0.1) is 18.3 Å². The monoisotopic (exact) mass is 298 g/mol. The van der Waals surface area contributed by atoms with E-state index in [0.29, 0.717) is 17.8 Å². The quantitative estimate of drug-likeness (QED) is 0.804. The minimum absolute atomic E-state index is 0.0674. The Morgan fingerprint density at radius 1 is 1.14 bits per heavy atom. The van der Waals surface area contributed by atoms with Crippen molar-refractivity contribution < 1.29 is 4.79 Å². The van der Waals surface area contributed by atoms with Crippen LogP contribution in [0.5, 0.6) is 0 Å². The summed E-state index contributed by atoms with van der Waals surface area (Å²) in [6, 6.07) is 11.1. The van der Waals surface area contributed by atoms with Crippen molar-refractivity contribution in [1.29, 1.82) is 0 Å². The molecule has 116 valence electrons. The minimum atomic E-state index is -0.0674. The van der Waals surface area contributed by atoms with E-state index < -0.39 is 0 Å². The van der Waals surface area contributed by atoms with Gasteiger partial charge in [0.25, 0.3) is 0 Å². The van der Waals surface area contributed by atoms with E-state index in [-0.39, 0.29) is 5.91 Å². The van der Waals surface area contributed by atoms with Gasteiger partial charge in [-0.2, -0.15) is 0 Å². The maximum absolute atomic E-state index is 12.0. The van der Waals surface area contributed by atoms with Gasteiger partial charge in [0.1, 0.15) is 5.82 Å². The fourth-order valence-electron chi connectivity index (χ4n) is 2.22. The van der Waals surface area contributed by atoms with Crippen LogP contribution in [0.3, 0.4) is 0 Å². The Labute approximate surface area is 131 Å². The highest BCUT2D eigenvalue weighted by molar-refractivity contribution is 5.92. The summed E-state index contributed by atoms with van der Waals surface area (Å²) in [4.78, 5) is 18.6. The number of hydrogen-bond acceptors (Lipinski definition) is 4. The number of nitrogens with two attached hydrogens (primary N) is 1. The van der Waals surface area contributed by atoms with E-state index in [4.69, 9.17) is 5.73 Å². The second-order valence-electron chi connectivity index (χ2n) is 5.04. The zero-order valence-corrected chi connectivity index (χ0v) is 13.0. The number of pyridine rings is 1. The molecular formula is C17H22N4O. The maximum Gasteiger partial charge on any atom is 0.228 e. The number of amides is 1. The molecule has 0 unspecified atom stereocenters. The van der Waals surface area contributed by atoms with Crippen LogP contribution >= 0.6 is 0 Å². The second-order valence-corrected chi connectivity index (χ2v) is 5.04. The van der Waals surface area contributed by atoms with Crippen molar-refractivity contribution in [3.8, 4) is 0 Å². The number of hydrogen-bond donors (Lipinski definition) is 2. The van der Waals surface area contributed by atoms with Gasteiger partial charge < -0.3 is 16.0 Å². The van der Waals surface area contributed by atoms with Crippen LogP contribution in [0.15, 0.2) is 42.6 Å². The topological polar surface area (TPSA) is 71.2 Å². The molecule has 0 spiro atoms. The number of anilines is 3. The Hall–Kier alpha value is -2.56.